The van der Waals surface area contributed by atoms with Crippen LogP contribution in [-0.4, -0.2) is 5.78 Å². The molecule has 0 radical (unpaired) electrons. The van der Waals surface area contributed by atoms with Crippen LogP contribution in [0.25, 0.3) is 0 Å². The predicted octanol–water partition coefficient (Wildman–Crippen LogP) is 4.97. The predicted molar refractivity (Wildman–Crippen MR) is 79.3 cm³/mol. The summed E-state index contributed by atoms with van der Waals surface area (Å²) in [5, 5.41) is 0. The number of hydrogen-bond donors (Lipinski definition) is 0. The zero-order chi connectivity index (χ0) is 13.0. The van der Waals surface area contributed by atoms with Crippen molar-refractivity contribution < 1.29 is 9.18 Å². The highest BCUT2D eigenvalue weighted by atomic mass is 127. The molecule has 18 heavy (non-hydrogen) atoms. The molecule has 1 aromatic carbocycles. The summed E-state index contributed by atoms with van der Waals surface area (Å²) in [5.41, 5.74) is 0.674. The highest BCUT2D eigenvalue weighted by Crippen LogP contribution is 2.28. The normalized spacial score (nSPS) is 16.8. The Morgan fingerprint density at radius 1 is 1.28 bits per heavy atom. The van der Waals surface area contributed by atoms with E-state index in [4.69, 9.17) is 0 Å². The molecule has 1 nitrogen and oxygen atoms in total. The van der Waals surface area contributed by atoms with Crippen LogP contribution < -0.4 is 0 Å². The van der Waals surface area contributed by atoms with Gasteiger partial charge in [-0.15, -0.1) is 0 Å². The molecule has 2 rings (SSSR count). The first-order chi connectivity index (χ1) is 8.66. The van der Waals surface area contributed by atoms with Crippen molar-refractivity contribution in [3.8, 4) is 0 Å². The van der Waals surface area contributed by atoms with E-state index in [1.54, 1.807) is 6.07 Å². The maximum Gasteiger partial charge on any atom is 0.163 e. The SMILES string of the molecule is O=C(CCC1CCCCC1)c1ccc(F)cc1I. The maximum atomic E-state index is 13.0. The number of carbonyl (C=O) groups excluding carboxylic acids is 1. The molecule has 0 spiro atoms. The fraction of sp³-hybridized carbons (Fsp3) is 0.533. The van der Waals surface area contributed by atoms with E-state index in [0.717, 1.165) is 15.9 Å². The van der Waals surface area contributed by atoms with Gasteiger partial charge in [0, 0.05) is 15.6 Å². The van der Waals surface area contributed by atoms with Crippen LogP contribution in [0.15, 0.2) is 18.2 Å². The Morgan fingerprint density at radius 3 is 2.67 bits per heavy atom. The van der Waals surface area contributed by atoms with Gasteiger partial charge in [0.05, 0.1) is 0 Å². The van der Waals surface area contributed by atoms with E-state index in [9.17, 15) is 9.18 Å². The number of carbonyl (C=O) groups is 1. The standard InChI is InChI=1S/C15H18FIO/c16-12-7-8-13(14(17)10-12)15(18)9-6-11-4-2-1-3-5-11/h7-8,10-11H,1-6,9H2. The fourth-order valence-corrected chi connectivity index (χ4v) is 3.44. The van der Waals surface area contributed by atoms with Crippen molar-refractivity contribution in [3.63, 3.8) is 0 Å². The number of halogens is 2. The third kappa shape index (κ3) is 3.77. The molecular weight excluding hydrogens is 342 g/mol. The lowest BCUT2D eigenvalue weighted by atomic mass is 9.85. The molecular formula is C15H18FIO. The fourth-order valence-electron chi connectivity index (χ4n) is 2.66. The average molecular weight is 360 g/mol. The molecule has 0 bridgehead atoms. The summed E-state index contributed by atoms with van der Waals surface area (Å²) in [6, 6.07) is 4.41. The summed E-state index contributed by atoms with van der Waals surface area (Å²) in [7, 11) is 0. The maximum absolute atomic E-state index is 13.0. The Morgan fingerprint density at radius 2 is 2.00 bits per heavy atom. The van der Waals surface area contributed by atoms with Crippen LogP contribution >= 0.6 is 22.6 Å². The van der Waals surface area contributed by atoms with Gasteiger partial charge in [-0.3, -0.25) is 4.79 Å². The average Bonchev–Trinajstić information content (AvgIpc) is 2.37. The molecule has 0 unspecified atom stereocenters. The lowest BCUT2D eigenvalue weighted by Crippen LogP contribution is -2.10. The van der Waals surface area contributed by atoms with Crippen molar-refractivity contribution in [1.82, 2.24) is 0 Å². The van der Waals surface area contributed by atoms with Gasteiger partial charge >= 0.3 is 0 Å². The first-order valence-corrected chi connectivity index (χ1v) is 7.73. The van der Waals surface area contributed by atoms with Gasteiger partial charge < -0.3 is 0 Å². The largest absolute Gasteiger partial charge is 0.294 e. The van der Waals surface area contributed by atoms with E-state index in [1.165, 1.54) is 44.2 Å². The second-order valence-electron chi connectivity index (χ2n) is 5.09. The van der Waals surface area contributed by atoms with E-state index in [1.807, 2.05) is 22.6 Å². The highest BCUT2D eigenvalue weighted by Gasteiger charge is 2.16. The second-order valence-corrected chi connectivity index (χ2v) is 6.25. The van der Waals surface area contributed by atoms with Crippen LogP contribution in [-0.2, 0) is 0 Å². The summed E-state index contributed by atoms with van der Waals surface area (Å²) in [6.45, 7) is 0. The van der Waals surface area contributed by atoms with Crippen LogP contribution in [0.5, 0.6) is 0 Å². The monoisotopic (exact) mass is 360 g/mol. The van der Waals surface area contributed by atoms with E-state index >= 15 is 0 Å². The molecule has 1 aromatic rings. The van der Waals surface area contributed by atoms with Crippen LogP contribution in [0, 0.1) is 15.3 Å². The van der Waals surface area contributed by atoms with Crippen molar-refractivity contribution in [3.05, 3.63) is 33.1 Å². The summed E-state index contributed by atoms with van der Waals surface area (Å²) in [4.78, 5) is 12.1. The number of ketones is 1. The van der Waals surface area contributed by atoms with Crippen molar-refractivity contribution in [2.45, 2.75) is 44.9 Å². The van der Waals surface area contributed by atoms with E-state index in [-0.39, 0.29) is 11.6 Å². The Bertz CT molecular complexity index is 425. The number of benzene rings is 1. The Labute approximate surface area is 121 Å². The van der Waals surface area contributed by atoms with E-state index < -0.39 is 0 Å². The van der Waals surface area contributed by atoms with Crippen LogP contribution in [0.4, 0.5) is 4.39 Å². The molecule has 98 valence electrons. The number of Topliss-reactive ketones (excluding diaryl/α,β-unsaturated/α-hetero) is 1. The highest BCUT2D eigenvalue weighted by molar-refractivity contribution is 14.1. The first-order valence-electron chi connectivity index (χ1n) is 6.65. The smallest absolute Gasteiger partial charge is 0.163 e. The molecule has 1 fully saturated rings. The quantitative estimate of drug-likeness (QED) is 0.547. The third-order valence-electron chi connectivity index (χ3n) is 3.74. The Balaban J connectivity index is 1.90. The summed E-state index contributed by atoms with van der Waals surface area (Å²) in [6.07, 6.45) is 8.11. The number of rotatable bonds is 4. The van der Waals surface area contributed by atoms with Gasteiger partial charge in [0.2, 0.25) is 0 Å². The molecule has 0 amide bonds. The van der Waals surface area contributed by atoms with Gasteiger partial charge in [0.1, 0.15) is 5.82 Å². The van der Waals surface area contributed by atoms with Crippen molar-refractivity contribution >= 4 is 28.4 Å². The van der Waals surface area contributed by atoms with Crippen LogP contribution in [0.3, 0.4) is 0 Å². The molecule has 0 aliphatic heterocycles. The zero-order valence-electron chi connectivity index (χ0n) is 10.4. The minimum absolute atomic E-state index is 0.157. The summed E-state index contributed by atoms with van der Waals surface area (Å²) < 4.78 is 13.7. The lowest BCUT2D eigenvalue weighted by molar-refractivity contribution is 0.0969. The second kappa shape index (κ2) is 6.64. The van der Waals surface area contributed by atoms with E-state index in [2.05, 4.69) is 0 Å². The van der Waals surface area contributed by atoms with Crippen molar-refractivity contribution in [1.29, 1.82) is 0 Å². The summed E-state index contributed by atoms with van der Waals surface area (Å²) in [5.74, 6) is 0.606. The topological polar surface area (TPSA) is 17.1 Å². The van der Waals surface area contributed by atoms with Crippen molar-refractivity contribution in [2.75, 3.05) is 0 Å². The molecule has 0 aromatic heterocycles. The third-order valence-corrected chi connectivity index (χ3v) is 4.63. The molecule has 1 saturated carbocycles. The molecule has 0 atom stereocenters. The van der Waals surface area contributed by atoms with Gasteiger partial charge in [-0.25, -0.2) is 4.39 Å². The Kier molecular flexibility index (Phi) is 5.15. The van der Waals surface area contributed by atoms with E-state index in [0.29, 0.717) is 12.0 Å². The van der Waals surface area contributed by atoms with Crippen molar-refractivity contribution in [2.24, 2.45) is 5.92 Å². The van der Waals surface area contributed by atoms with Gasteiger partial charge in [-0.2, -0.15) is 0 Å². The van der Waals surface area contributed by atoms with Gasteiger partial charge in [-0.05, 0) is 53.1 Å². The first kappa shape index (κ1) is 14.0. The molecule has 0 heterocycles. The minimum Gasteiger partial charge on any atom is -0.294 e. The summed E-state index contributed by atoms with van der Waals surface area (Å²) >= 11 is 2.03. The molecule has 1 aliphatic rings. The molecule has 0 saturated heterocycles. The van der Waals surface area contributed by atoms with Gasteiger partial charge in [0.25, 0.3) is 0 Å². The lowest BCUT2D eigenvalue weighted by Gasteiger charge is -2.21. The van der Waals surface area contributed by atoms with Crippen LogP contribution in [0.1, 0.15) is 55.3 Å². The minimum atomic E-state index is -0.275. The number of hydrogen-bond acceptors (Lipinski definition) is 1. The zero-order valence-corrected chi connectivity index (χ0v) is 12.6. The molecule has 3 heteroatoms. The molecule has 0 N–H and O–H groups in total. The Hall–Kier alpha value is -0.450. The van der Waals surface area contributed by atoms with Gasteiger partial charge in [0.15, 0.2) is 5.78 Å². The van der Waals surface area contributed by atoms with Gasteiger partial charge in [-0.1, -0.05) is 32.1 Å². The molecule has 1 aliphatic carbocycles. The van der Waals surface area contributed by atoms with Crippen LogP contribution in [0.2, 0.25) is 0 Å².